The van der Waals surface area contributed by atoms with Crippen LogP contribution in [0.1, 0.15) is 0 Å². The van der Waals surface area contributed by atoms with E-state index in [-0.39, 0.29) is 12.4 Å². The van der Waals surface area contributed by atoms with Crippen molar-refractivity contribution in [3.63, 3.8) is 0 Å². The molecule has 0 atom stereocenters. The molecular formula is C2H8ClSiZr. The third-order valence-electron chi connectivity index (χ3n) is 0. The maximum Gasteiger partial charge on any atom is -1.00 e. The van der Waals surface area contributed by atoms with E-state index in [1.807, 2.05) is 0 Å². The summed E-state index contributed by atoms with van der Waals surface area (Å²) in [5, 5.41) is 0. The molecule has 0 spiro atoms. The Hall–Kier alpha value is 1.39. The molecular weight excluding hydrogens is 179 g/mol. The standard InChI is InChI=1S/2CH3.ClH.H2Si.Zr/h2*1H3;1H;1H2;/q;;;;+1/p-1. The van der Waals surface area contributed by atoms with Gasteiger partial charge in [-0.15, -0.1) is 0 Å². The van der Waals surface area contributed by atoms with Crippen molar-refractivity contribution in [3.05, 3.63) is 0 Å². The summed E-state index contributed by atoms with van der Waals surface area (Å²) < 4.78 is 4.75. The molecule has 0 aromatic rings. The topological polar surface area (TPSA) is 0 Å². The van der Waals surface area contributed by atoms with Crippen LogP contribution in [0.3, 0.4) is 0 Å². The molecule has 0 saturated heterocycles. The quantitative estimate of drug-likeness (QED) is 0.360. The molecule has 31 valence electrons. The molecule has 0 fully saturated rings. The van der Waals surface area contributed by atoms with Gasteiger partial charge in [0.1, 0.15) is 0 Å². The fourth-order valence-electron chi connectivity index (χ4n) is 0. The van der Waals surface area contributed by atoms with Gasteiger partial charge in [0.15, 0.2) is 0 Å². The summed E-state index contributed by atoms with van der Waals surface area (Å²) in [4.78, 5) is 0. The van der Waals surface area contributed by atoms with Crippen molar-refractivity contribution in [1.82, 2.24) is 0 Å². The van der Waals surface area contributed by atoms with Crippen molar-refractivity contribution in [2.24, 2.45) is 0 Å². The van der Waals surface area contributed by atoms with E-state index in [0.717, 1.165) is 0 Å². The second kappa shape index (κ2) is 5.39. The third kappa shape index (κ3) is 32.1. The van der Waals surface area contributed by atoms with Gasteiger partial charge in [0.25, 0.3) is 0 Å². The first-order valence-electron chi connectivity index (χ1n) is 1.35. The Labute approximate surface area is 48.8 Å². The van der Waals surface area contributed by atoms with E-state index in [2.05, 4.69) is 16.1 Å². The molecule has 0 aliphatic rings. The van der Waals surface area contributed by atoms with E-state index in [0.29, 0.717) is 0 Å². The summed E-state index contributed by atoms with van der Waals surface area (Å²) in [7, 11) is 0. The van der Waals surface area contributed by atoms with E-state index in [1.165, 1.54) is 0 Å². The van der Waals surface area contributed by atoms with Gasteiger partial charge >= 0.3 is 36.5 Å². The van der Waals surface area contributed by atoms with E-state index in [1.54, 1.807) is 0 Å². The van der Waals surface area contributed by atoms with Gasteiger partial charge in [-0.1, -0.05) is 0 Å². The van der Waals surface area contributed by atoms with Gasteiger partial charge in [0.05, 0.1) is 0 Å². The number of rotatable bonds is 0. The second-order valence-corrected chi connectivity index (χ2v) is 15.5. The zero-order valence-corrected chi connectivity index (χ0v) is 8.21. The molecule has 0 N–H and O–H groups in total. The predicted octanol–water partition coefficient (Wildman–Crippen LogP) is -2.75. The van der Waals surface area contributed by atoms with Crippen LogP contribution in [0.25, 0.3) is 0 Å². The Morgan fingerprint density at radius 2 is 1.40 bits per heavy atom. The molecule has 5 heavy (non-hydrogen) atoms. The average Bonchev–Trinajstić information content (AvgIpc) is 0.811. The van der Waals surface area contributed by atoms with Crippen LogP contribution in [0.2, 0.25) is 9.26 Å². The summed E-state index contributed by atoms with van der Waals surface area (Å²) in [6.45, 7) is 2.20. The minimum atomic E-state index is -0.516. The molecule has 0 aromatic carbocycles. The van der Waals surface area contributed by atoms with Gasteiger partial charge in [0.2, 0.25) is 0 Å². The Bertz CT molecular complexity index is 32.6. The predicted molar refractivity (Wildman–Crippen MR) is 20.3 cm³/mol. The van der Waals surface area contributed by atoms with Crippen LogP contribution >= 0.6 is 0 Å². The van der Waals surface area contributed by atoms with Crippen LogP contribution in [0.5, 0.6) is 0 Å². The first kappa shape index (κ1) is 9.63. The van der Waals surface area contributed by atoms with Crippen LogP contribution in [-0.4, -0.2) is 6.88 Å². The minimum Gasteiger partial charge on any atom is -1.00 e. The van der Waals surface area contributed by atoms with Crippen LogP contribution in [0.15, 0.2) is 0 Å². The molecule has 3 heteroatoms. The fourth-order valence-corrected chi connectivity index (χ4v) is 0. The van der Waals surface area contributed by atoms with Crippen LogP contribution < -0.4 is 12.4 Å². The molecule has 0 unspecified atom stereocenters. The van der Waals surface area contributed by atoms with Gasteiger partial charge in [-0.3, -0.25) is 0 Å². The zero-order chi connectivity index (χ0) is 3.58. The summed E-state index contributed by atoms with van der Waals surface area (Å²) >= 11 is -0.516. The SMILES string of the molecule is [CH3][Zr+]([CH3])=[SiH2].[Cl-]. The van der Waals surface area contributed by atoms with Gasteiger partial charge in [-0.05, 0) is 0 Å². The molecule has 0 heterocycles. The fraction of sp³-hybridized carbons (Fsp3) is 1.00. The molecule has 0 amide bonds. The van der Waals surface area contributed by atoms with Crippen LogP contribution in [-0.2, 0) is 20.4 Å². The van der Waals surface area contributed by atoms with Gasteiger partial charge in [0, 0.05) is 0 Å². The summed E-state index contributed by atoms with van der Waals surface area (Å²) in [6.07, 6.45) is 0. The van der Waals surface area contributed by atoms with Crippen molar-refractivity contribution in [3.8, 4) is 0 Å². The Morgan fingerprint density at radius 3 is 1.40 bits per heavy atom. The molecule has 0 nitrogen and oxygen atoms in total. The molecule has 0 radical (unpaired) electrons. The van der Waals surface area contributed by atoms with Crippen LogP contribution in [0.4, 0.5) is 0 Å². The molecule has 0 rings (SSSR count). The van der Waals surface area contributed by atoms with Crippen molar-refractivity contribution < 1.29 is 32.8 Å². The first-order chi connectivity index (χ1) is 1.73. The number of hydrogen-bond donors (Lipinski definition) is 0. The van der Waals surface area contributed by atoms with Crippen molar-refractivity contribution in [1.29, 1.82) is 0 Å². The van der Waals surface area contributed by atoms with E-state index in [9.17, 15) is 0 Å². The second-order valence-electron chi connectivity index (χ2n) is 1.21. The minimum absolute atomic E-state index is 0. The van der Waals surface area contributed by atoms with E-state index in [4.69, 9.17) is 0 Å². The molecule has 0 aromatic heterocycles. The maximum atomic E-state index is 2.38. The van der Waals surface area contributed by atoms with Crippen molar-refractivity contribution in [2.45, 2.75) is 9.26 Å². The van der Waals surface area contributed by atoms with Crippen molar-refractivity contribution in [2.75, 3.05) is 0 Å². The largest absolute Gasteiger partial charge is 1.00 e. The number of hydrogen-bond acceptors (Lipinski definition) is 0. The summed E-state index contributed by atoms with van der Waals surface area (Å²) in [6, 6.07) is 0. The van der Waals surface area contributed by atoms with Crippen LogP contribution in [0, 0.1) is 0 Å². The monoisotopic (exact) mass is 185 g/mol. The van der Waals surface area contributed by atoms with Gasteiger partial charge < -0.3 is 12.4 Å². The summed E-state index contributed by atoms with van der Waals surface area (Å²) in [5.74, 6) is 0. The third-order valence-corrected chi connectivity index (χ3v) is 0. The Kier molecular flexibility index (Phi) is 10.4. The summed E-state index contributed by atoms with van der Waals surface area (Å²) in [5.41, 5.74) is 0. The normalized spacial score (nSPS) is 5.20. The van der Waals surface area contributed by atoms with Crippen molar-refractivity contribution >= 4 is 6.88 Å². The molecule has 0 aliphatic heterocycles. The zero-order valence-electron chi connectivity index (χ0n) is 3.59. The maximum absolute atomic E-state index is 2.38. The average molecular weight is 187 g/mol. The Balaban J connectivity index is 0. The number of halogens is 1. The smallest absolute Gasteiger partial charge is 1.00 e. The Morgan fingerprint density at radius 1 is 1.40 bits per heavy atom. The van der Waals surface area contributed by atoms with Gasteiger partial charge in [-0.2, -0.15) is 0 Å². The molecule has 0 bridgehead atoms. The first-order valence-corrected chi connectivity index (χ1v) is 12.2. The van der Waals surface area contributed by atoms with E-state index >= 15 is 0 Å². The van der Waals surface area contributed by atoms with Gasteiger partial charge in [-0.25, -0.2) is 0 Å². The van der Waals surface area contributed by atoms with E-state index < -0.39 is 20.4 Å². The molecule has 0 aliphatic carbocycles. The molecule has 0 saturated carbocycles.